The summed E-state index contributed by atoms with van der Waals surface area (Å²) in [4.78, 5) is 14.0. The van der Waals surface area contributed by atoms with Crippen LogP contribution in [0.15, 0.2) is 12.1 Å². The maximum absolute atomic E-state index is 12.8. The number of piperidine rings is 1. The summed E-state index contributed by atoms with van der Waals surface area (Å²) in [6.07, 6.45) is 6.44. The van der Waals surface area contributed by atoms with Crippen molar-refractivity contribution >= 4 is 28.9 Å². The Morgan fingerprint density at radius 3 is 2.52 bits per heavy atom. The molecule has 1 aromatic rings. The fraction of sp³-hybridized carbons (Fsp3) is 0.722. The molecule has 2 aliphatic rings. The van der Waals surface area contributed by atoms with Gasteiger partial charge in [-0.05, 0) is 37.3 Å². The number of hydrogen-bond acceptors (Lipinski definition) is 3. The van der Waals surface area contributed by atoms with Crippen molar-refractivity contribution in [3.63, 3.8) is 0 Å². The second kappa shape index (κ2) is 7.12. The summed E-state index contributed by atoms with van der Waals surface area (Å²) < 4.78 is 7.74. The summed E-state index contributed by atoms with van der Waals surface area (Å²) >= 11 is 7.62. The summed E-state index contributed by atoms with van der Waals surface area (Å²) in [6.45, 7) is 2.18. The number of rotatable bonds is 5. The number of esters is 1. The number of quaternary nitrogens is 1. The van der Waals surface area contributed by atoms with Crippen molar-refractivity contribution in [3.05, 3.63) is 21.3 Å². The molecule has 0 aromatic carbocycles. The maximum Gasteiger partial charge on any atom is 0.309 e. The van der Waals surface area contributed by atoms with E-state index in [1.165, 1.54) is 11.3 Å². The van der Waals surface area contributed by atoms with Gasteiger partial charge in [-0.3, -0.25) is 4.79 Å². The van der Waals surface area contributed by atoms with Crippen molar-refractivity contribution in [1.29, 1.82) is 0 Å². The molecule has 0 amide bonds. The molecule has 5 heteroatoms. The average Bonchev–Trinajstić information content (AvgIpc) is 2.84. The lowest BCUT2D eigenvalue weighted by Gasteiger charge is -2.38. The third-order valence-electron chi connectivity index (χ3n) is 5.47. The summed E-state index contributed by atoms with van der Waals surface area (Å²) in [5.74, 6) is 0.540. The summed E-state index contributed by atoms with van der Waals surface area (Å²) in [5.41, 5.74) is 0. The second-order valence-corrected chi connectivity index (χ2v) is 9.53. The zero-order valence-corrected chi connectivity index (χ0v) is 15.7. The third kappa shape index (κ3) is 4.49. The first-order valence-electron chi connectivity index (χ1n) is 8.70. The van der Waals surface area contributed by atoms with Crippen molar-refractivity contribution in [2.45, 2.75) is 44.6 Å². The molecule has 1 saturated heterocycles. The van der Waals surface area contributed by atoms with Crippen LogP contribution in [0.1, 0.15) is 37.0 Å². The van der Waals surface area contributed by atoms with Crippen molar-refractivity contribution in [3.8, 4) is 0 Å². The molecule has 3 nitrogen and oxygen atoms in total. The highest BCUT2D eigenvalue weighted by Gasteiger charge is 2.36. The molecule has 1 atom stereocenters. The Balaban J connectivity index is 1.59. The van der Waals surface area contributed by atoms with Crippen LogP contribution in [0.25, 0.3) is 0 Å². The first kappa shape index (κ1) is 17.2. The Bertz CT molecular complexity index is 543. The Morgan fingerprint density at radius 1 is 1.30 bits per heavy atom. The minimum absolute atomic E-state index is 0.0166. The van der Waals surface area contributed by atoms with E-state index in [1.54, 1.807) is 11.3 Å². The number of carbonyl (C=O) groups excluding carboxylic acids is 1. The molecule has 1 aromatic heterocycles. The Labute approximate surface area is 148 Å². The number of halogens is 1. The largest absolute Gasteiger partial charge is 0.462 e. The predicted molar refractivity (Wildman–Crippen MR) is 94.8 cm³/mol. The Hall–Kier alpha value is -0.580. The molecule has 1 aliphatic heterocycles. The number of likely N-dealkylation sites (tertiary alicyclic amines) is 1. The molecular weight excluding hydrogens is 330 g/mol. The minimum atomic E-state index is 0.0166. The highest BCUT2D eigenvalue weighted by atomic mass is 35.5. The number of hydrogen-bond donors (Lipinski definition) is 0. The third-order valence-corrected chi connectivity index (χ3v) is 6.72. The van der Waals surface area contributed by atoms with Gasteiger partial charge in [-0.25, -0.2) is 0 Å². The topological polar surface area (TPSA) is 26.3 Å². The van der Waals surface area contributed by atoms with E-state index in [9.17, 15) is 4.79 Å². The molecule has 0 spiro atoms. The average molecular weight is 357 g/mol. The Kier molecular flexibility index (Phi) is 5.34. The van der Waals surface area contributed by atoms with Gasteiger partial charge < -0.3 is 9.22 Å². The first-order valence-corrected chi connectivity index (χ1v) is 9.89. The summed E-state index contributed by atoms with van der Waals surface area (Å²) in [7, 11) is 4.49. The van der Waals surface area contributed by atoms with Crippen LogP contribution in [-0.2, 0) is 16.0 Å². The van der Waals surface area contributed by atoms with Crippen molar-refractivity contribution in [1.82, 2.24) is 0 Å². The number of thiophene rings is 1. The van der Waals surface area contributed by atoms with Gasteiger partial charge in [0, 0.05) is 17.7 Å². The number of ether oxygens (including phenoxy) is 1. The molecule has 3 rings (SSSR count). The lowest BCUT2D eigenvalue weighted by molar-refractivity contribution is -0.896. The monoisotopic (exact) mass is 356 g/mol. The van der Waals surface area contributed by atoms with E-state index in [-0.39, 0.29) is 18.0 Å². The second-order valence-electron chi connectivity index (χ2n) is 7.73. The number of nitrogens with zero attached hydrogens (tertiary/aromatic N) is 1. The lowest BCUT2D eigenvalue weighted by Crippen LogP contribution is -2.48. The molecule has 23 heavy (non-hydrogen) atoms. The molecule has 0 unspecified atom stereocenters. The molecular formula is C18H27ClNO2S+. The van der Waals surface area contributed by atoms with E-state index < -0.39 is 0 Å². The first-order chi connectivity index (χ1) is 10.9. The molecule has 0 bridgehead atoms. The van der Waals surface area contributed by atoms with Crippen LogP contribution in [0.4, 0.5) is 0 Å². The van der Waals surface area contributed by atoms with Gasteiger partial charge in [0.1, 0.15) is 6.10 Å². The van der Waals surface area contributed by atoms with Gasteiger partial charge in [-0.1, -0.05) is 18.0 Å². The van der Waals surface area contributed by atoms with Crippen LogP contribution in [-0.4, -0.2) is 43.7 Å². The molecule has 1 saturated carbocycles. The van der Waals surface area contributed by atoms with Crippen molar-refractivity contribution in [2.75, 3.05) is 27.2 Å². The van der Waals surface area contributed by atoms with Gasteiger partial charge in [-0.15, -0.1) is 11.3 Å². The smallest absolute Gasteiger partial charge is 0.309 e. The fourth-order valence-electron chi connectivity index (χ4n) is 3.58. The van der Waals surface area contributed by atoms with Crippen molar-refractivity contribution < 1.29 is 14.0 Å². The van der Waals surface area contributed by atoms with Crippen LogP contribution in [0.5, 0.6) is 0 Å². The van der Waals surface area contributed by atoms with Gasteiger partial charge in [0.15, 0.2) is 0 Å². The van der Waals surface area contributed by atoms with Crippen LogP contribution in [0.3, 0.4) is 0 Å². The minimum Gasteiger partial charge on any atom is -0.462 e. The maximum atomic E-state index is 12.8. The highest BCUT2D eigenvalue weighted by Crippen LogP contribution is 2.38. The molecule has 1 aliphatic carbocycles. The zero-order valence-electron chi connectivity index (χ0n) is 14.1. The molecule has 0 N–H and O–H groups in total. The summed E-state index contributed by atoms with van der Waals surface area (Å²) in [6, 6.07) is 3.97. The van der Waals surface area contributed by atoms with Gasteiger partial charge in [0.05, 0.1) is 37.4 Å². The van der Waals surface area contributed by atoms with E-state index in [0.717, 1.165) is 54.0 Å². The van der Waals surface area contributed by atoms with Crippen LogP contribution in [0, 0.1) is 11.8 Å². The molecule has 2 heterocycles. The normalized spacial score (nSPS) is 23.3. The summed E-state index contributed by atoms with van der Waals surface area (Å²) in [5, 5.41) is 0. The zero-order chi connectivity index (χ0) is 16.4. The van der Waals surface area contributed by atoms with E-state index in [4.69, 9.17) is 16.3 Å². The van der Waals surface area contributed by atoms with E-state index >= 15 is 0 Å². The molecule has 2 fully saturated rings. The van der Waals surface area contributed by atoms with Crippen LogP contribution in [0.2, 0.25) is 4.34 Å². The SMILES string of the molecule is C[N+]1(C)CCC(OC(=O)[C@H](Cc2ccc(Cl)s2)C2CCC2)CC1. The van der Waals surface area contributed by atoms with Gasteiger partial charge in [-0.2, -0.15) is 0 Å². The van der Waals surface area contributed by atoms with Gasteiger partial charge >= 0.3 is 5.97 Å². The molecule has 128 valence electrons. The quantitative estimate of drug-likeness (QED) is 0.585. The predicted octanol–water partition coefficient (Wildman–Crippen LogP) is 4.14. The van der Waals surface area contributed by atoms with E-state index in [0.29, 0.717) is 5.92 Å². The lowest BCUT2D eigenvalue weighted by atomic mass is 9.74. The van der Waals surface area contributed by atoms with E-state index in [2.05, 4.69) is 14.1 Å². The van der Waals surface area contributed by atoms with Crippen LogP contribution < -0.4 is 0 Å². The highest BCUT2D eigenvalue weighted by molar-refractivity contribution is 7.16. The molecule has 0 radical (unpaired) electrons. The Morgan fingerprint density at radius 2 is 2.00 bits per heavy atom. The van der Waals surface area contributed by atoms with Gasteiger partial charge in [0.25, 0.3) is 0 Å². The number of carbonyl (C=O) groups is 1. The van der Waals surface area contributed by atoms with E-state index in [1.807, 2.05) is 12.1 Å². The van der Waals surface area contributed by atoms with Gasteiger partial charge in [0.2, 0.25) is 0 Å². The fourth-order valence-corrected chi connectivity index (χ4v) is 4.72. The van der Waals surface area contributed by atoms with Crippen molar-refractivity contribution in [2.24, 2.45) is 11.8 Å². The standard InChI is InChI=1S/C18H27ClNO2S/c1-20(2)10-8-14(9-11-20)22-18(21)16(13-4-3-5-13)12-15-6-7-17(19)23-15/h6-7,13-14,16H,3-5,8-12H2,1-2H3/q+1/t16-/m1/s1. The van der Waals surface area contributed by atoms with Crippen LogP contribution >= 0.6 is 22.9 Å².